The minimum absolute atomic E-state index is 0.483. The predicted molar refractivity (Wildman–Crippen MR) is 82.7 cm³/mol. The molecule has 1 atom stereocenters. The number of aryl methyl sites for hydroxylation is 1. The van der Waals surface area contributed by atoms with Crippen LogP contribution in [0, 0.1) is 12.8 Å². The molecular weight excluding hydrogens is 228 g/mol. The topological polar surface area (TPSA) is 0 Å². The zero-order valence-corrected chi connectivity index (χ0v) is 11.4. The fraction of sp³-hybridized carbons (Fsp3) is 0.158. The maximum Gasteiger partial charge on any atom is 0.000492 e. The Kier molecular flexibility index (Phi) is 3.08. The number of benzene rings is 2. The molecule has 0 amide bonds. The summed E-state index contributed by atoms with van der Waals surface area (Å²) in [5.74, 6) is 0.483. The number of rotatable bonds is 2. The third-order valence-corrected chi connectivity index (χ3v) is 3.69. The zero-order valence-electron chi connectivity index (χ0n) is 11.4. The molecule has 0 saturated heterocycles. The van der Waals surface area contributed by atoms with E-state index in [1.54, 1.807) is 0 Å². The highest BCUT2D eigenvalue weighted by atomic mass is 14.2. The normalized spacial score (nSPS) is 18.1. The van der Waals surface area contributed by atoms with E-state index in [4.69, 9.17) is 0 Å². The summed E-state index contributed by atoms with van der Waals surface area (Å²) in [6.07, 6.45) is 4.68. The van der Waals surface area contributed by atoms with Gasteiger partial charge in [-0.1, -0.05) is 79.2 Å². The molecule has 2 aromatic carbocycles. The van der Waals surface area contributed by atoms with Crippen molar-refractivity contribution in [3.8, 4) is 0 Å². The Hall–Kier alpha value is -2.08. The molecule has 3 rings (SSSR count). The first-order chi connectivity index (χ1) is 9.24. The first-order valence-electron chi connectivity index (χ1n) is 6.80. The van der Waals surface area contributed by atoms with Gasteiger partial charge in [0.1, 0.15) is 0 Å². The van der Waals surface area contributed by atoms with Crippen LogP contribution in [0.2, 0.25) is 0 Å². The lowest BCUT2D eigenvalue weighted by Gasteiger charge is -2.08. The molecule has 0 N–H and O–H groups in total. The third-order valence-electron chi connectivity index (χ3n) is 3.69. The van der Waals surface area contributed by atoms with E-state index in [9.17, 15) is 0 Å². The smallest absolute Gasteiger partial charge is 0.000492 e. The quantitative estimate of drug-likeness (QED) is 0.690. The second-order valence-corrected chi connectivity index (χ2v) is 5.25. The second-order valence-electron chi connectivity index (χ2n) is 5.25. The third kappa shape index (κ3) is 2.39. The molecule has 0 aromatic heterocycles. The molecule has 0 aliphatic heterocycles. The Bertz CT molecular complexity index is 645. The highest BCUT2D eigenvalue weighted by Gasteiger charge is 2.17. The van der Waals surface area contributed by atoms with Crippen molar-refractivity contribution in [2.75, 3.05) is 0 Å². The van der Waals surface area contributed by atoms with Crippen LogP contribution in [-0.4, -0.2) is 0 Å². The van der Waals surface area contributed by atoms with Crippen LogP contribution in [0.3, 0.4) is 0 Å². The Morgan fingerprint density at radius 3 is 2.32 bits per heavy atom. The van der Waals surface area contributed by atoms with Crippen LogP contribution in [-0.2, 0) is 0 Å². The van der Waals surface area contributed by atoms with Gasteiger partial charge in [0, 0.05) is 5.92 Å². The first-order valence-corrected chi connectivity index (χ1v) is 6.80. The molecule has 1 unspecified atom stereocenters. The first kappa shape index (κ1) is 12.0. The van der Waals surface area contributed by atoms with Crippen LogP contribution >= 0.6 is 0 Å². The van der Waals surface area contributed by atoms with Crippen LogP contribution < -0.4 is 0 Å². The van der Waals surface area contributed by atoms with E-state index in [-0.39, 0.29) is 0 Å². The summed E-state index contributed by atoms with van der Waals surface area (Å²) < 4.78 is 0. The van der Waals surface area contributed by atoms with Gasteiger partial charge >= 0.3 is 0 Å². The van der Waals surface area contributed by atoms with E-state index in [0.717, 1.165) is 0 Å². The summed E-state index contributed by atoms with van der Waals surface area (Å²) in [7, 11) is 0. The Morgan fingerprint density at radius 2 is 1.58 bits per heavy atom. The van der Waals surface area contributed by atoms with Crippen molar-refractivity contribution in [2.24, 2.45) is 5.92 Å². The van der Waals surface area contributed by atoms with Gasteiger partial charge in [-0.15, -0.1) is 0 Å². The average molecular weight is 246 g/mol. The lowest BCUT2D eigenvalue weighted by atomic mass is 9.96. The maximum absolute atomic E-state index is 2.35. The van der Waals surface area contributed by atoms with Gasteiger partial charge in [0.25, 0.3) is 0 Å². The lowest BCUT2D eigenvalue weighted by molar-refractivity contribution is 0.981. The molecule has 1 aliphatic carbocycles. The van der Waals surface area contributed by atoms with Crippen molar-refractivity contribution < 1.29 is 0 Å². The number of allylic oxidation sites excluding steroid dienone is 4. The molecular formula is C19H18. The molecule has 0 radical (unpaired) electrons. The standard InChI is InChI=1S/C19H18/c1-14-7-6-10-17(11-14)19-13-18(12-15(19)2)16-8-4-3-5-9-16/h3-13,15H,1-2H3. The molecule has 0 bridgehead atoms. The number of hydrogen-bond donors (Lipinski definition) is 0. The molecule has 1 aliphatic rings. The van der Waals surface area contributed by atoms with Gasteiger partial charge in [0.15, 0.2) is 0 Å². The molecule has 0 spiro atoms. The van der Waals surface area contributed by atoms with E-state index >= 15 is 0 Å². The largest absolute Gasteiger partial charge is 0.0694 e. The average Bonchev–Trinajstić information content (AvgIpc) is 2.82. The van der Waals surface area contributed by atoms with Gasteiger partial charge in [-0.3, -0.25) is 0 Å². The molecule has 19 heavy (non-hydrogen) atoms. The van der Waals surface area contributed by atoms with Crippen LogP contribution in [0.1, 0.15) is 23.6 Å². The summed E-state index contributed by atoms with van der Waals surface area (Å²) in [5, 5.41) is 0. The van der Waals surface area contributed by atoms with Gasteiger partial charge in [0.05, 0.1) is 0 Å². The summed E-state index contributed by atoms with van der Waals surface area (Å²) in [6.45, 7) is 4.42. The van der Waals surface area contributed by atoms with Gasteiger partial charge < -0.3 is 0 Å². The highest BCUT2D eigenvalue weighted by Crippen LogP contribution is 2.36. The van der Waals surface area contributed by atoms with Crippen LogP contribution in [0.5, 0.6) is 0 Å². The SMILES string of the molecule is Cc1cccc(C2=CC(c3ccccc3)=CC2C)c1. The Morgan fingerprint density at radius 1 is 0.842 bits per heavy atom. The predicted octanol–water partition coefficient (Wildman–Crippen LogP) is 5.11. The van der Waals surface area contributed by atoms with Gasteiger partial charge in [-0.25, -0.2) is 0 Å². The molecule has 0 fully saturated rings. The fourth-order valence-corrected chi connectivity index (χ4v) is 2.69. The zero-order chi connectivity index (χ0) is 13.2. The summed E-state index contributed by atoms with van der Waals surface area (Å²) in [5.41, 5.74) is 6.72. The van der Waals surface area contributed by atoms with Gasteiger partial charge in [0.2, 0.25) is 0 Å². The summed E-state index contributed by atoms with van der Waals surface area (Å²) >= 11 is 0. The minimum Gasteiger partial charge on any atom is -0.0694 e. The maximum atomic E-state index is 2.35. The Labute approximate surface area is 115 Å². The minimum atomic E-state index is 0.483. The molecule has 0 saturated carbocycles. The molecule has 94 valence electrons. The van der Waals surface area contributed by atoms with Crippen molar-refractivity contribution in [2.45, 2.75) is 13.8 Å². The van der Waals surface area contributed by atoms with E-state index < -0.39 is 0 Å². The van der Waals surface area contributed by atoms with E-state index in [0.29, 0.717) is 5.92 Å². The summed E-state index contributed by atoms with van der Waals surface area (Å²) in [6, 6.07) is 19.4. The van der Waals surface area contributed by atoms with E-state index in [1.165, 1.54) is 27.8 Å². The van der Waals surface area contributed by atoms with Gasteiger partial charge in [-0.05, 0) is 29.2 Å². The number of hydrogen-bond acceptors (Lipinski definition) is 0. The van der Waals surface area contributed by atoms with Crippen molar-refractivity contribution >= 4 is 11.1 Å². The fourth-order valence-electron chi connectivity index (χ4n) is 2.69. The lowest BCUT2D eigenvalue weighted by Crippen LogP contribution is -1.91. The molecule has 0 heterocycles. The van der Waals surface area contributed by atoms with Gasteiger partial charge in [-0.2, -0.15) is 0 Å². The van der Waals surface area contributed by atoms with E-state index in [2.05, 4.69) is 80.6 Å². The molecule has 0 heteroatoms. The highest BCUT2D eigenvalue weighted by molar-refractivity contribution is 5.90. The van der Waals surface area contributed by atoms with Crippen molar-refractivity contribution in [1.29, 1.82) is 0 Å². The monoisotopic (exact) mass is 246 g/mol. The van der Waals surface area contributed by atoms with Crippen molar-refractivity contribution in [3.63, 3.8) is 0 Å². The second kappa shape index (κ2) is 4.89. The summed E-state index contributed by atoms with van der Waals surface area (Å²) in [4.78, 5) is 0. The molecule has 2 aromatic rings. The molecule has 0 nitrogen and oxygen atoms in total. The van der Waals surface area contributed by atoms with E-state index in [1.807, 2.05) is 0 Å². The van der Waals surface area contributed by atoms with Crippen LogP contribution in [0.25, 0.3) is 11.1 Å². The van der Waals surface area contributed by atoms with Crippen LogP contribution in [0.15, 0.2) is 66.7 Å². The van der Waals surface area contributed by atoms with Crippen molar-refractivity contribution in [1.82, 2.24) is 0 Å². The van der Waals surface area contributed by atoms with Crippen LogP contribution in [0.4, 0.5) is 0 Å². The Balaban J connectivity index is 1.98. The van der Waals surface area contributed by atoms with Crippen molar-refractivity contribution in [3.05, 3.63) is 83.4 Å².